The summed E-state index contributed by atoms with van der Waals surface area (Å²) in [6.45, 7) is 10.2. The standard InChI is InChI=1S/C22H33NO7/c1-21(2,3)30-20(26)23-10-17(25)19(14-6-8-15(24)9-7-14)18(11-23)27-12-16-13-28-22(4,5)29-16/h6-9,16-19,24-25H,10-13H2,1-5H3/t16-,17-,18+,19+/m0/s1. The minimum atomic E-state index is -0.849. The number of benzene rings is 1. The van der Waals surface area contributed by atoms with Gasteiger partial charge in [-0.15, -0.1) is 0 Å². The van der Waals surface area contributed by atoms with Gasteiger partial charge in [-0.1, -0.05) is 12.1 Å². The Bertz CT molecular complexity index is 728. The second-order valence-corrected chi connectivity index (χ2v) is 9.39. The van der Waals surface area contributed by atoms with Crippen molar-refractivity contribution in [2.24, 2.45) is 0 Å². The first-order valence-electron chi connectivity index (χ1n) is 10.3. The summed E-state index contributed by atoms with van der Waals surface area (Å²) in [5.74, 6) is -0.866. The number of hydrogen-bond acceptors (Lipinski definition) is 7. The molecule has 0 aliphatic carbocycles. The molecule has 0 spiro atoms. The molecular formula is C22H33NO7. The van der Waals surface area contributed by atoms with E-state index in [0.717, 1.165) is 5.56 Å². The van der Waals surface area contributed by atoms with E-state index in [1.165, 1.54) is 4.90 Å². The second-order valence-electron chi connectivity index (χ2n) is 9.39. The topological polar surface area (TPSA) is 97.7 Å². The first kappa shape index (κ1) is 22.8. The zero-order chi connectivity index (χ0) is 22.1. The van der Waals surface area contributed by atoms with Gasteiger partial charge in [-0.2, -0.15) is 0 Å². The van der Waals surface area contributed by atoms with Gasteiger partial charge in [0.1, 0.15) is 17.5 Å². The zero-order valence-electron chi connectivity index (χ0n) is 18.3. The van der Waals surface area contributed by atoms with Crippen molar-refractivity contribution >= 4 is 6.09 Å². The SMILES string of the molecule is CC(C)(C)OC(=O)N1C[C@H](O)[C@@H](c2ccc(O)cc2)[C@H](OC[C@H]2COC(C)(C)O2)C1. The number of nitrogens with zero attached hydrogens (tertiary/aromatic N) is 1. The van der Waals surface area contributed by atoms with Crippen molar-refractivity contribution in [2.75, 3.05) is 26.3 Å². The summed E-state index contributed by atoms with van der Waals surface area (Å²) < 4.78 is 23.0. The number of aromatic hydroxyl groups is 1. The lowest BCUT2D eigenvalue weighted by molar-refractivity contribution is -0.152. The molecule has 168 valence electrons. The highest BCUT2D eigenvalue weighted by Gasteiger charge is 2.42. The summed E-state index contributed by atoms with van der Waals surface area (Å²) in [5, 5.41) is 20.5. The highest BCUT2D eigenvalue weighted by atomic mass is 16.7. The van der Waals surface area contributed by atoms with Crippen LogP contribution in [0.5, 0.6) is 5.75 Å². The lowest BCUT2D eigenvalue weighted by Gasteiger charge is -2.42. The summed E-state index contributed by atoms with van der Waals surface area (Å²) in [6, 6.07) is 6.69. The maximum Gasteiger partial charge on any atom is 0.410 e. The van der Waals surface area contributed by atoms with E-state index < -0.39 is 29.7 Å². The Hall–Kier alpha value is -1.87. The number of likely N-dealkylation sites (tertiary alicyclic amines) is 1. The fourth-order valence-electron chi connectivity index (χ4n) is 3.83. The third kappa shape index (κ3) is 5.85. The minimum Gasteiger partial charge on any atom is -0.508 e. The minimum absolute atomic E-state index is 0.135. The predicted molar refractivity (Wildman–Crippen MR) is 109 cm³/mol. The van der Waals surface area contributed by atoms with Gasteiger partial charge in [-0.05, 0) is 52.3 Å². The Morgan fingerprint density at radius 1 is 1.23 bits per heavy atom. The number of β-amino-alcohol motifs (C(OH)–C–C–N with tert-alkyl or cyclic N) is 1. The Morgan fingerprint density at radius 2 is 1.90 bits per heavy atom. The average Bonchev–Trinajstić information content (AvgIpc) is 2.98. The van der Waals surface area contributed by atoms with Crippen molar-refractivity contribution in [3.63, 3.8) is 0 Å². The molecule has 8 heteroatoms. The number of phenols is 1. The smallest absolute Gasteiger partial charge is 0.410 e. The lowest BCUT2D eigenvalue weighted by atomic mass is 9.84. The molecule has 2 aliphatic heterocycles. The fraction of sp³-hybridized carbons (Fsp3) is 0.682. The molecule has 2 N–H and O–H groups in total. The molecule has 1 amide bonds. The van der Waals surface area contributed by atoms with Crippen LogP contribution in [0, 0.1) is 0 Å². The Balaban J connectivity index is 1.75. The number of hydrogen-bond donors (Lipinski definition) is 2. The van der Waals surface area contributed by atoms with E-state index in [0.29, 0.717) is 6.61 Å². The molecule has 0 unspecified atom stereocenters. The van der Waals surface area contributed by atoms with Crippen LogP contribution in [0.15, 0.2) is 24.3 Å². The third-order valence-electron chi connectivity index (χ3n) is 5.12. The van der Waals surface area contributed by atoms with E-state index in [4.69, 9.17) is 18.9 Å². The molecule has 2 aliphatic rings. The molecule has 1 aromatic rings. The van der Waals surface area contributed by atoms with E-state index in [2.05, 4.69) is 0 Å². The maximum atomic E-state index is 12.6. The number of carbonyl (C=O) groups excluding carboxylic acids is 1. The van der Waals surface area contributed by atoms with Gasteiger partial charge in [0.25, 0.3) is 0 Å². The number of phenolic OH excluding ortho intramolecular Hbond substituents is 1. The highest BCUT2D eigenvalue weighted by Crippen LogP contribution is 2.33. The van der Waals surface area contributed by atoms with E-state index in [1.807, 2.05) is 13.8 Å². The van der Waals surface area contributed by atoms with Crippen LogP contribution in [0.2, 0.25) is 0 Å². The molecule has 0 aromatic heterocycles. The average molecular weight is 424 g/mol. The van der Waals surface area contributed by atoms with Gasteiger partial charge in [0, 0.05) is 5.92 Å². The van der Waals surface area contributed by atoms with Crippen molar-refractivity contribution in [2.45, 2.75) is 70.2 Å². The largest absolute Gasteiger partial charge is 0.508 e. The summed E-state index contributed by atoms with van der Waals surface area (Å²) in [7, 11) is 0. The van der Waals surface area contributed by atoms with Crippen LogP contribution >= 0.6 is 0 Å². The van der Waals surface area contributed by atoms with Crippen molar-refractivity contribution in [1.29, 1.82) is 0 Å². The molecule has 2 heterocycles. The van der Waals surface area contributed by atoms with Crippen molar-refractivity contribution in [3.05, 3.63) is 29.8 Å². The van der Waals surface area contributed by atoms with E-state index in [9.17, 15) is 15.0 Å². The van der Waals surface area contributed by atoms with Crippen molar-refractivity contribution in [1.82, 2.24) is 4.90 Å². The molecule has 2 saturated heterocycles. The first-order valence-corrected chi connectivity index (χ1v) is 10.3. The normalized spacial score (nSPS) is 29.1. The molecule has 8 nitrogen and oxygen atoms in total. The number of carbonyl (C=O) groups is 1. The zero-order valence-corrected chi connectivity index (χ0v) is 18.3. The molecule has 1 aromatic carbocycles. The van der Waals surface area contributed by atoms with Crippen molar-refractivity contribution in [3.8, 4) is 5.75 Å². The molecule has 3 rings (SSSR count). The second kappa shape index (κ2) is 8.70. The molecule has 2 fully saturated rings. The maximum absolute atomic E-state index is 12.6. The van der Waals surface area contributed by atoms with Crippen molar-refractivity contribution < 1.29 is 34.0 Å². The van der Waals surface area contributed by atoms with Crippen LogP contribution in [0.3, 0.4) is 0 Å². The number of aliphatic hydroxyl groups is 1. The monoisotopic (exact) mass is 423 g/mol. The molecular weight excluding hydrogens is 390 g/mol. The van der Waals surface area contributed by atoms with Gasteiger partial charge in [0.05, 0.1) is 38.5 Å². The number of amides is 1. The summed E-state index contributed by atoms with van der Waals surface area (Å²) in [6.07, 6.45) is -2.04. The first-order chi connectivity index (χ1) is 13.9. The van der Waals surface area contributed by atoms with Gasteiger partial charge in [0.2, 0.25) is 0 Å². The molecule has 0 radical (unpaired) electrons. The molecule has 0 saturated carbocycles. The van der Waals surface area contributed by atoms with Crippen LogP contribution in [-0.4, -0.2) is 77.2 Å². The highest BCUT2D eigenvalue weighted by molar-refractivity contribution is 5.68. The van der Waals surface area contributed by atoms with Crippen LogP contribution in [0.25, 0.3) is 0 Å². The molecule has 30 heavy (non-hydrogen) atoms. The quantitative estimate of drug-likeness (QED) is 0.768. The third-order valence-corrected chi connectivity index (χ3v) is 5.12. The Labute approximate surface area is 177 Å². The number of rotatable bonds is 4. The number of ether oxygens (including phenoxy) is 4. The van der Waals surface area contributed by atoms with E-state index in [-0.39, 0.29) is 37.5 Å². The number of aliphatic hydroxyl groups excluding tert-OH is 1. The van der Waals surface area contributed by atoms with Gasteiger partial charge in [-0.25, -0.2) is 4.79 Å². The van der Waals surface area contributed by atoms with Crippen LogP contribution in [0.1, 0.15) is 46.1 Å². The van der Waals surface area contributed by atoms with Gasteiger partial charge in [0.15, 0.2) is 5.79 Å². The lowest BCUT2D eigenvalue weighted by Crippen LogP contribution is -2.55. The molecule has 4 atom stereocenters. The van der Waals surface area contributed by atoms with Crippen LogP contribution in [-0.2, 0) is 18.9 Å². The Kier molecular flexibility index (Phi) is 6.62. The summed E-state index contributed by atoms with van der Waals surface area (Å²) >= 11 is 0. The van der Waals surface area contributed by atoms with Crippen LogP contribution < -0.4 is 0 Å². The van der Waals surface area contributed by atoms with Gasteiger partial charge < -0.3 is 34.1 Å². The summed E-state index contributed by atoms with van der Waals surface area (Å²) in [4.78, 5) is 14.1. The van der Waals surface area contributed by atoms with E-state index >= 15 is 0 Å². The van der Waals surface area contributed by atoms with Crippen LogP contribution in [0.4, 0.5) is 4.79 Å². The fourth-order valence-corrected chi connectivity index (χ4v) is 3.83. The molecule has 0 bridgehead atoms. The van der Waals surface area contributed by atoms with Gasteiger partial charge >= 0.3 is 6.09 Å². The van der Waals surface area contributed by atoms with E-state index in [1.54, 1.807) is 45.0 Å². The summed E-state index contributed by atoms with van der Waals surface area (Å²) in [5.41, 5.74) is 0.199. The predicted octanol–water partition coefficient (Wildman–Crippen LogP) is 2.62. The van der Waals surface area contributed by atoms with Gasteiger partial charge in [-0.3, -0.25) is 0 Å². The Morgan fingerprint density at radius 3 is 2.47 bits per heavy atom. The number of piperidine rings is 1.